The van der Waals surface area contributed by atoms with Crippen molar-refractivity contribution in [2.24, 2.45) is 117 Å². The van der Waals surface area contributed by atoms with Gasteiger partial charge in [-0.25, -0.2) is 0 Å². The lowest BCUT2D eigenvalue weighted by molar-refractivity contribution is -0.205. The van der Waals surface area contributed by atoms with Gasteiger partial charge in [0.25, 0.3) is 0 Å². The van der Waals surface area contributed by atoms with Gasteiger partial charge in [-0.2, -0.15) is 0 Å². The second-order valence-electron chi connectivity index (χ2n) is 20.3. The molecule has 0 saturated heterocycles. The van der Waals surface area contributed by atoms with Gasteiger partial charge in [0.2, 0.25) is 0 Å². The minimum Gasteiger partial charge on any atom is -0.481 e. The Morgan fingerprint density at radius 2 is 1.52 bits per heavy atom. The first-order chi connectivity index (χ1) is 22.9. The maximum atomic E-state index is 14.1. The van der Waals surface area contributed by atoms with E-state index < -0.39 is 17.4 Å². The molecule has 0 heterocycles. The van der Waals surface area contributed by atoms with Gasteiger partial charge in [0.1, 0.15) is 0 Å². The predicted molar refractivity (Wildman–Crippen MR) is 179 cm³/mol. The van der Waals surface area contributed by atoms with E-state index in [0.29, 0.717) is 89.5 Å². The van der Waals surface area contributed by atoms with Gasteiger partial charge in [0, 0.05) is 0 Å². The summed E-state index contributed by atoms with van der Waals surface area (Å²) in [5, 5.41) is 20.4. The number of hydrogen-bond acceptors (Lipinski definition) is 4. The largest absolute Gasteiger partial charge is 0.481 e. The smallest absolute Gasteiger partial charge is 0.309 e. The minimum absolute atomic E-state index is 0.0295. The molecule has 0 aliphatic heterocycles. The number of allylic oxidation sites excluding steroid dienone is 2. The Morgan fingerprint density at radius 3 is 2.25 bits per heavy atom. The highest BCUT2D eigenvalue weighted by Crippen LogP contribution is 2.79. The van der Waals surface area contributed by atoms with Crippen LogP contribution in [0.4, 0.5) is 0 Å². The summed E-state index contributed by atoms with van der Waals surface area (Å²) in [6, 6.07) is 0. The molecule has 262 valence electrons. The van der Waals surface area contributed by atoms with E-state index in [1.165, 1.54) is 25.7 Å². The van der Waals surface area contributed by atoms with Crippen LogP contribution in [0.3, 0.4) is 0 Å². The molecule has 6 nitrogen and oxygen atoms in total. The summed E-state index contributed by atoms with van der Waals surface area (Å²) in [7, 11) is 0. The second-order valence-corrected chi connectivity index (χ2v) is 20.3. The molecule has 6 heteroatoms. The lowest BCUT2D eigenvalue weighted by atomic mass is 9.33. The van der Waals surface area contributed by atoms with Gasteiger partial charge < -0.3 is 14.9 Å². The van der Waals surface area contributed by atoms with Crippen LogP contribution >= 0.6 is 0 Å². The molecule has 8 bridgehead atoms. The molecule has 2 N–H and O–H groups in total. The first kappa shape index (κ1) is 30.9. The monoisotopic (exact) mass is 658 g/mol. The van der Waals surface area contributed by atoms with Gasteiger partial charge in [0.05, 0.1) is 23.9 Å². The first-order valence-corrected chi connectivity index (χ1v) is 20.2. The molecule has 11 aliphatic carbocycles. The third-order valence-electron chi connectivity index (χ3n) is 19.0. The normalized spacial score (nSPS) is 57.6. The van der Waals surface area contributed by atoms with Crippen LogP contribution in [0.15, 0.2) is 11.6 Å². The third kappa shape index (κ3) is 3.60. The number of esters is 1. The summed E-state index contributed by atoms with van der Waals surface area (Å²) in [6.45, 7) is 9.86. The standard InChI is InChI=1S/C42H58O6/c1-19(2)29-17-42-11-8-31-40(3,9-5-10-41(31,4)39(46)47)32(42)16-26(29)35-25-14-21(36(35)42)15-28(25)38(45)48-18-30-22-6-7-23(30)34-24-12-20(33(22)34)13-27(24)37(43)44/h17,19-28,30-36H,5-16,18H2,1-4H3,(H,43,44)(H,46,47). The molecule has 19 atom stereocenters. The molecule has 11 rings (SSSR count). The molecular weight excluding hydrogens is 600 g/mol. The lowest BCUT2D eigenvalue weighted by Crippen LogP contribution is -2.65. The predicted octanol–water partition coefficient (Wildman–Crippen LogP) is 7.96. The number of rotatable bonds is 6. The van der Waals surface area contributed by atoms with E-state index in [9.17, 15) is 24.6 Å². The van der Waals surface area contributed by atoms with Crippen LogP contribution in [0, 0.1) is 117 Å². The minimum atomic E-state index is -0.617. The number of ether oxygens (including phenoxy) is 1. The molecule has 0 aromatic heterocycles. The molecule has 19 unspecified atom stereocenters. The number of aliphatic carboxylic acids is 2. The van der Waals surface area contributed by atoms with Crippen LogP contribution < -0.4 is 0 Å². The van der Waals surface area contributed by atoms with Gasteiger partial charge in [0.15, 0.2) is 0 Å². The number of carbonyl (C=O) groups excluding carboxylic acids is 1. The Hall–Kier alpha value is -1.85. The van der Waals surface area contributed by atoms with Gasteiger partial charge in [-0.15, -0.1) is 0 Å². The zero-order chi connectivity index (χ0) is 33.2. The van der Waals surface area contributed by atoms with Crippen LogP contribution in [0.2, 0.25) is 0 Å². The molecule has 1 spiro atoms. The van der Waals surface area contributed by atoms with Crippen molar-refractivity contribution >= 4 is 17.9 Å². The van der Waals surface area contributed by atoms with E-state index in [1.54, 1.807) is 5.57 Å². The Morgan fingerprint density at radius 1 is 0.812 bits per heavy atom. The van der Waals surface area contributed by atoms with E-state index in [2.05, 4.69) is 33.8 Å². The topological polar surface area (TPSA) is 101 Å². The van der Waals surface area contributed by atoms with Crippen LogP contribution in [-0.4, -0.2) is 34.7 Å². The lowest BCUT2D eigenvalue weighted by Gasteiger charge is -2.71. The molecule has 48 heavy (non-hydrogen) atoms. The summed E-state index contributed by atoms with van der Waals surface area (Å²) in [5.74, 6) is 6.60. The van der Waals surface area contributed by atoms with Crippen LogP contribution in [0.25, 0.3) is 0 Å². The highest BCUT2D eigenvalue weighted by atomic mass is 16.5. The van der Waals surface area contributed by atoms with E-state index in [0.717, 1.165) is 51.4 Å². The van der Waals surface area contributed by atoms with Crippen molar-refractivity contribution in [3.63, 3.8) is 0 Å². The second kappa shape index (κ2) is 9.93. The number of carbonyl (C=O) groups is 3. The number of carboxylic acids is 2. The van der Waals surface area contributed by atoms with Crippen molar-refractivity contribution in [1.29, 1.82) is 0 Å². The van der Waals surface area contributed by atoms with E-state index >= 15 is 0 Å². The maximum absolute atomic E-state index is 14.1. The Balaban J connectivity index is 0.887. The van der Waals surface area contributed by atoms with Crippen LogP contribution in [0.1, 0.15) is 105 Å². The molecule has 9 fully saturated rings. The SMILES string of the molecule is CC(C)C1=CC23CCC4C(C)(C(=O)O)CCCC4(C)C2CC1C1C2CC(CC2C(=O)OCC2C4CCC2C2C5CC(CC5C(=O)O)C42)C13. The van der Waals surface area contributed by atoms with E-state index in [1.807, 2.05) is 0 Å². The molecule has 0 aromatic carbocycles. The third-order valence-corrected chi connectivity index (χ3v) is 19.0. The van der Waals surface area contributed by atoms with Crippen molar-refractivity contribution in [3.05, 3.63) is 11.6 Å². The number of hydrogen-bond donors (Lipinski definition) is 2. The fourth-order valence-corrected chi connectivity index (χ4v) is 18.0. The highest BCUT2D eigenvalue weighted by Gasteiger charge is 2.74. The zero-order valence-electron chi connectivity index (χ0n) is 29.6. The van der Waals surface area contributed by atoms with Gasteiger partial charge in [-0.3, -0.25) is 14.4 Å². The van der Waals surface area contributed by atoms with Crippen molar-refractivity contribution in [2.75, 3.05) is 6.61 Å². The first-order valence-electron chi connectivity index (χ1n) is 20.2. The van der Waals surface area contributed by atoms with E-state index in [-0.39, 0.29) is 34.6 Å². The van der Waals surface area contributed by atoms with Gasteiger partial charge >= 0.3 is 17.9 Å². The fraction of sp³-hybridized carbons (Fsp3) is 0.881. The average molecular weight is 659 g/mol. The molecule has 0 radical (unpaired) electrons. The summed E-state index contributed by atoms with van der Waals surface area (Å²) in [6.07, 6.45) is 15.7. The van der Waals surface area contributed by atoms with Crippen molar-refractivity contribution in [1.82, 2.24) is 0 Å². The molecule has 0 aromatic rings. The Labute approximate surface area is 286 Å². The zero-order valence-corrected chi connectivity index (χ0v) is 29.6. The van der Waals surface area contributed by atoms with Crippen molar-refractivity contribution in [3.8, 4) is 0 Å². The number of carboxylic acid groups (broad SMARTS) is 2. The van der Waals surface area contributed by atoms with Crippen molar-refractivity contribution < 1.29 is 29.3 Å². The molecule has 11 aliphatic rings. The summed E-state index contributed by atoms with van der Waals surface area (Å²) >= 11 is 0. The molecule has 9 saturated carbocycles. The van der Waals surface area contributed by atoms with Gasteiger partial charge in [-0.05, 0) is 177 Å². The van der Waals surface area contributed by atoms with Crippen LogP contribution in [0.5, 0.6) is 0 Å². The average Bonchev–Trinajstić information content (AvgIpc) is 3.91. The molecule has 0 amide bonds. The maximum Gasteiger partial charge on any atom is 0.309 e. The Kier molecular flexibility index (Phi) is 6.40. The quantitative estimate of drug-likeness (QED) is 0.171. The molecular formula is C42H58O6. The summed E-state index contributed by atoms with van der Waals surface area (Å²) in [4.78, 5) is 38.9. The Bertz CT molecular complexity index is 1480. The summed E-state index contributed by atoms with van der Waals surface area (Å²) < 4.78 is 6.42. The van der Waals surface area contributed by atoms with E-state index in [4.69, 9.17) is 4.74 Å². The number of fused-ring (bicyclic) bond motifs is 12. The van der Waals surface area contributed by atoms with Crippen LogP contribution in [-0.2, 0) is 19.1 Å². The van der Waals surface area contributed by atoms with Gasteiger partial charge in [-0.1, -0.05) is 38.8 Å². The van der Waals surface area contributed by atoms with Crippen molar-refractivity contribution in [2.45, 2.75) is 105 Å². The fourth-order valence-electron chi connectivity index (χ4n) is 18.0. The highest BCUT2D eigenvalue weighted by molar-refractivity contribution is 5.75. The summed E-state index contributed by atoms with van der Waals surface area (Å²) in [5.41, 5.74) is 1.25.